The number of methoxy groups -OCH3 is 1. The van der Waals surface area contributed by atoms with E-state index in [-0.39, 0.29) is 10.8 Å². The Labute approximate surface area is 157 Å². The number of aryl methyl sites for hydroxylation is 1. The van der Waals surface area contributed by atoms with Crippen molar-refractivity contribution < 1.29 is 17.9 Å². The Morgan fingerprint density at radius 2 is 1.96 bits per heavy atom. The number of hydrogen-bond donors (Lipinski definition) is 1. The molecule has 0 saturated carbocycles. The van der Waals surface area contributed by atoms with Gasteiger partial charge in [-0.2, -0.15) is 4.31 Å². The average molecular weight is 383 g/mol. The third-order valence-electron chi connectivity index (χ3n) is 4.68. The minimum absolute atomic E-state index is 0.0176. The molecule has 0 aromatic heterocycles. The third-order valence-corrected chi connectivity index (χ3v) is 6.57. The highest BCUT2D eigenvalue weighted by Crippen LogP contribution is 2.27. The summed E-state index contributed by atoms with van der Waals surface area (Å²) in [6, 6.07) is 4.91. The fourth-order valence-corrected chi connectivity index (χ4v) is 4.70. The summed E-state index contributed by atoms with van der Waals surface area (Å²) in [4.78, 5) is 12.3. The molecule has 0 aliphatic carbocycles. The lowest BCUT2D eigenvalue weighted by Crippen LogP contribution is -2.28. The standard InChI is InChI=1S/C19H30N2O4S/c1-3-4-5-12-20-19(22)11-8-16-15-17(9-10-18(16)25-2)26(23,24)21-13-6-7-14-21/h9-10,15H,3-8,11-14H2,1-2H3,(H,20,22). The summed E-state index contributed by atoms with van der Waals surface area (Å²) in [5, 5.41) is 2.91. The highest BCUT2D eigenvalue weighted by atomic mass is 32.2. The van der Waals surface area contributed by atoms with Gasteiger partial charge in [0.2, 0.25) is 15.9 Å². The van der Waals surface area contributed by atoms with E-state index in [1.807, 2.05) is 0 Å². The van der Waals surface area contributed by atoms with Gasteiger partial charge < -0.3 is 10.1 Å². The van der Waals surface area contributed by atoms with Gasteiger partial charge in [0.25, 0.3) is 0 Å². The smallest absolute Gasteiger partial charge is 0.243 e. The minimum atomic E-state index is -3.47. The number of ether oxygens (including phenoxy) is 1. The maximum absolute atomic E-state index is 12.7. The molecule has 1 N–H and O–H groups in total. The van der Waals surface area contributed by atoms with Crippen LogP contribution in [0.1, 0.15) is 51.0 Å². The van der Waals surface area contributed by atoms with Crippen LogP contribution in [-0.2, 0) is 21.2 Å². The van der Waals surface area contributed by atoms with Crippen LogP contribution in [0.2, 0.25) is 0 Å². The number of carbonyl (C=O) groups is 1. The molecule has 6 nitrogen and oxygen atoms in total. The molecular weight excluding hydrogens is 352 g/mol. The molecule has 1 aromatic carbocycles. The Balaban J connectivity index is 2.04. The molecule has 7 heteroatoms. The van der Waals surface area contributed by atoms with Crippen LogP contribution < -0.4 is 10.1 Å². The number of nitrogens with one attached hydrogen (secondary N) is 1. The van der Waals surface area contributed by atoms with Crippen molar-refractivity contribution in [2.75, 3.05) is 26.7 Å². The summed E-state index contributed by atoms with van der Waals surface area (Å²) in [7, 11) is -1.91. The van der Waals surface area contributed by atoms with Gasteiger partial charge in [0, 0.05) is 26.1 Å². The number of nitrogens with zero attached hydrogens (tertiary/aromatic N) is 1. The lowest BCUT2D eigenvalue weighted by molar-refractivity contribution is -0.121. The van der Waals surface area contributed by atoms with Crippen LogP contribution in [0.3, 0.4) is 0 Å². The van der Waals surface area contributed by atoms with Crippen LogP contribution in [-0.4, -0.2) is 45.4 Å². The Hall–Kier alpha value is -1.60. The molecule has 1 saturated heterocycles. The van der Waals surface area contributed by atoms with E-state index in [4.69, 9.17) is 4.74 Å². The maximum Gasteiger partial charge on any atom is 0.243 e. The van der Waals surface area contributed by atoms with Gasteiger partial charge >= 0.3 is 0 Å². The van der Waals surface area contributed by atoms with Crippen molar-refractivity contribution in [3.63, 3.8) is 0 Å². The molecule has 0 spiro atoms. The van der Waals surface area contributed by atoms with Gasteiger partial charge in [-0.1, -0.05) is 19.8 Å². The number of sulfonamides is 1. The number of unbranched alkanes of at least 4 members (excludes halogenated alkanes) is 2. The topological polar surface area (TPSA) is 75.7 Å². The van der Waals surface area contributed by atoms with Crippen LogP contribution >= 0.6 is 0 Å². The zero-order valence-corrected chi connectivity index (χ0v) is 16.6. The first-order chi connectivity index (χ1) is 12.5. The van der Waals surface area contributed by atoms with E-state index in [2.05, 4.69) is 12.2 Å². The van der Waals surface area contributed by atoms with E-state index in [9.17, 15) is 13.2 Å². The second-order valence-corrected chi connectivity index (χ2v) is 8.58. The maximum atomic E-state index is 12.7. The zero-order chi connectivity index (χ0) is 19.0. The van der Waals surface area contributed by atoms with Crippen molar-refractivity contribution in [1.29, 1.82) is 0 Å². The molecule has 1 heterocycles. The van der Waals surface area contributed by atoms with Crippen LogP contribution in [0.4, 0.5) is 0 Å². The molecule has 0 bridgehead atoms. The number of carbonyl (C=O) groups excluding carboxylic acids is 1. The molecule has 0 unspecified atom stereocenters. The van der Waals surface area contributed by atoms with Crippen molar-refractivity contribution in [3.8, 4) is 5.75 Å². The van der Waals surface area contributed by atoms with Crippen molar-refractivity contribution in [2.45, 2.75) is 56.8 Å². The quantitative estimate of drug-likeness (QED) is 0.631. The summed E-state index contributed by atoms with van der Waals surface area (Å²) >= 11 is 0. The predicted molar refractivity (Wildman–Crippen MR) is 102 cm³/mol. The molecular formula is C19H30N2O4S. The molecule has 1 aliphatic heterocycles. The summed E-state index contributed by atoms with van der Waals surface area (Å²) < 4.78 is 32.3. The van der Waals surface area contributed by atoms with Crippen molar-refractivity contribution in [2.24, 2.45) is 0 Å². The lowest BCUT2D eigenvalue weighted by Gasteiger charge is -2.17. The first-order valence-electron chi connectivity index (χ1n) is 9.42. The number of rotatable bonds is 10. The first-order valence-corrected chi connectivity index (χ1v) is 10.9. The average Bonchev–Trinajstić information content (AvgIpc) is 3.19. The summed E-state index contributed by atoms with van der Waals surface area (Å²) in [6.45, 7) is 3.96. The molecule has 26 heavy (non-hydrogen) atoms. The fraction of sp³-hybridized carbons (Fsp3) is 0.632. The van der Waals surface area contributed by atoms with Gasteiger partial charge in [-0.05, 0) is 49.4 Å². The summed E-state index contributed by atoms with van der Waals surface area (Å²) in [5.41, 5.74) is 0.747. The van der Waals surface area contributed by atoms with Crippen LogP contribution in [0.15, 0.2) is 23.1 Å². The van der Waals surface area contributed by atoms with E-state index in [0.29, 0.717) is 38.2 Å². The van der Waals surface area contributed by atoms with Crippen molar-refractivity contribution in [3.05, 3.63) is 23.8 Å². The van der Waals surface area contributed by atoms with E-state index in [1.165, 1.54) is 4.31 Å². The Morgan fingerprint density at radius 3 is 2.62 bits per heavy atom. The van der Waals surface area contributed by atoms with Crippen molar-refractivity contribution >= 4 is 15.9 Å². The first kappa shape index (κ1) is 20.7. The Bertz CT molecular complexity index is 697. The van der Waals surface area contributed by atoms with Gasteiger partial charge in [0.1, 0.15) is 5.75 Å². The van der Waals surface area contributed by atoms with E-state index in [1.54, 1.807) is 25.3 Å². The minimum Gasteiger partial charge on any atom is -0.496 e. The molecule has 146 valence electrons. The van der Waals surface area contributed by atoms with Gasteiger partial charge in [0.05, 0.1) is 12.0 Å². The van der Waals surface area contributed by atoms with Crippen molar-refractivity contribution in [1.82, 2.24) is 9.62 Å². The SMILES string of the molecule is CCCCCNC(=O)CCc1cc(S(=O)(=O)N2CCCC2)ccc1OC. The predicted octanol–water partition coefficient (Wildman–Crippen LogP) is 2.72. The van der Waals surface area contributed by atoms with Gasteiger partial charge in [-0.3, -0.25) is 4.79 Å². The molecule has 1 aromatic rings. The van der Waals surface area contributed by atoms with Gasteiger partial charge in [-0.15, -0.1) is 0 Å². The molecule has 0 atom stereocenters. The normalized spacial score (nSPS) is 15.2. The van der Waals surface area contributed by atoms with Gasteiger partial charge in [0.15, 0.2) is 0 Å². The second-order valence-electron chi connectivity index (χ2n) is 6.64. The number of hydrogen-bond acceptors (Lipinski definition) is 4. The molecule has 2 rings (SSSR count). The summed E-state index contributed by atoms with van der Waals surface area (Å²) in [6.07, 6.45) is 5.77. The van der Waals surface area contributed by atoms with Crippen LogP contribution in [0.5, 0.6) is 5.75 Å². The number of amides is 1. The fourth-order valence-electron chi connectivity index (χ4n) is 3.13. The zero-order valence-electron chi connectivity index (χ0n) is 15.8. The van der Waals surface area contributed by atoms with E-state index < -0.39 is 10.0 Å². The molecule has 1 aliphatic rings. The number of benzene rings is 1. The highest BCUT2D eigenvalue weighted by Gasteiger charge is 2.27. The Kier molecular flexibility index (Phi) is 7.90. The molecule has 1 amide bonds. The highest BCUT2D eigenvalue weighted by molar-refractivity contribution is 7.89. The largest absolute Gasteiger partial charge is 0.496 e. The van der Waals surface area contributed by atoms with E-state index >= 15 is 0 Å². The lowest BCUT2D eigenvalue weighted by atomic mass is 10.1. The Morgan fingerprint density at radius 1 is 1.23 bits per heavy atom. The van der Waals surface area contributed by atoms with E-state index in [0.717, 1.165) is 37.7 Å². The van der Waals surface area contributed by atoms with Crippen LogP contribution in [0, 0.1) is 0 Å². The molecule has 0 radical (unpaired) electrons. The monoisotopic (exact) mass is 382 g/mol. The second kappa shape index (κ2) is 9.92. The van der Waals surface area contributed by atoms with Crippen LogP contribution in [0.25, 0.3) is 0 Å². The summed E-state index contributed by atoms with van der Waals surface area (Å²) in [5.74, 6) is 0.597. The third kappa shape index (κ3) is 5.45. The molecule has 1 fully saturated rings. The van der Waals surface area contributed by atoms with Gasteiger partial charge in [-0.25, -0.2) is 8.42 Å².